The fraction of sp³-hybridized carbons (Fsp3) is 0.190. The molecule has 1 heterocycles. The molecular weight excluding hydrogens is 362 g/mol. The average Bonchev–Trinajstić information content (AvgIpc) is 2.66. The minimum atomic E-state index is -0.215. The van der Waals surface area contributed by atoms with Crippen LogP contribution in [-0.4, -0.2) is 22.2 Å². The first-order valence-electron chi connectivity index (χ1n) is 8.63. The maximum atomic E-state index is 12.3. The third-order valence-corrected chi connectivity index (χ3v) is 4.64. The lowest BCUT2D eigenvalue weighted by Gasteiger charge is -2.09. The first-order valence-corrected chi connectivity index (χ1v) is 9.01. The lowest BCUT2D eigenvalue weighted by atomic mass is 10.1. The fourth-order valence-corrected chi connectivity index (χ4v) is 2.77. The summed E-state index contributed by atoms with van der Waals surface area (Å²) < 4.78 is 1.35. The predicted octanol–water partition coefficient (Wildman–Crippen LogP) is 3.61. The molecule has 0 aliphatic heterocycles. The molecule has 0 saturated heterocycles. The van der Waals surface area contributed by atoms with E-state index in [2.05, 4.69) is 10.4 Å². The molecule has 2 aromatic carbocycles. The van der Waals surface area contributed by atoms with E-state index in [1.54, 1.807) is 24.3 Å². The third-order valence-electron chi connectivity index (χ3n) is 4.38. The molecule has 3 aromatic rings. The summed E-state index contributed by atoms with van der Waals surface area (Å²) in [6.45, 7) is 4.57. The van der Waals surface area contributed by atoms with E-state index in [0.717, 1.165) is 16.7 Å². The van der Waals surface area contributed by atoms with Gasteiger partial charge in [-0.25, -0.2) is 4.68 Å². The van der Waals surface area contributed by atoms with E-state index in [0.29, 0.717) is 22.8 Å². The summed E-state index contributed by atoms with van der Waals surface area (Å²) >= 11 is 5.91. The van der Waals surface area contributed by atoms with Crippen LogP contribution in [0.1, 0.15) is 21.5 Å². The van der Waals surface area contributed by atoms with Gasteiger partial charge in [0.05, 0.1) is 12.2 Å². The summed E-state index contributed by atoms with van der Waals surface area (Å²) in [5.74, 6) is -0.167. The molecule has 0 aliphatic rings. The van der Waals surface area contributed by atoms with Gasteiger partial charge in [0.1, 0.15) is 0 Å². The van der Waals surface area contributed by atoms with Gasteiger partial charge in [0.2, 0.25) is 0 Å². The van der Waals surface area contributed by atoms with Crippen LogP contribution in [0.5, 0.6) is 0 Å². The zero-order valence-electron chi connectivity index (χ0n) is 15.2. The zero-order chi connectivity index (χ0) is 19.4. The van der Waals surface area contributed by atoms with Crippen molar-refractivity contribution in [3.63, 3.8) is 0 Å². The number of carbonyl (C=O) groups excluding carboxylic acids is 1. The van der Waals surface area contributed by atoms with Crippen LogP contribution in [0.2, 0.25) is 5.02 Å². The van der Waals surface area contributed by atoms with Crippen molar-refractivity contribution in [3.8, 4) is 11.3 Å². The van der Waals surface area contributed by atoms with Crippen molar-refractivity contribution >= 4 is 17.5 Å². The second-order valence-electron chi connectivity index (χ2n) is 6.34. The Morgan fingerprint density at radius 2 is 1.78 bits per heavy atom. The second kappa shape index (κ2) is 8.18. The van der Waals surface area contributed by atoms with Crippen molar-refractivity contribution in [3.05, 3.63) is 86.7 Å². The second-order valence-corrected chi connectivity index (χ2v) is 6.78. The number of nitrogens with one attached hydrogen (secondary N) is 1. The number of hydrogen-bond acceptors (Lipinski definition) is 3. The maximum Gasteiger partial charge on any atom is 0.266 e. The van der Waals surface area contributed by atoms with E-state index >= 15 is 0 Å². The summed E-state index contributed by atoms with van der Waals surface area (Å²) in [7, 11) is 0. The minimum absolute atomic E-state index is 0.167. The number of rotatable bonds is 5. The van der Waals surface area contributed by atoms with E-state index in [1.165, 1.54) is 10.7 Å². The SMILES string of the molecule is Cc1ccc(C(=O)NCCn2nc(-c3ccc(Cl)cc3)ccc2=O)cc1C. The van der Waals surface area contributed by atoms with Gasteiger partial charge in [-0.1, -0.05) is 29.8 Å². The fourth-order valence-electron chi connectivity index (χ4n) is 2.64. The number of halogens is 1. The smallest absolute Gasteiger partial charge is 0.266 e. The lowest BCUT2D eigenvalue weighted by molar-refractivity contribution is 0.0951. The van der Waals surface area contributed by atoms with Gasteiger partial charge in [-0.05, 0) is 55.3 Å². The Bertz CT molecular complexity index is 1030. The van der Waals surface area contributed by atoms with E-state index in [4.69, 9.17) is 11.6 Å². The molecule has 0 atom stereocenters. The molecule has 0 bridgehead atoms. The highest BCUT2D eigenvalue weighted by molar-refractivity contribution is 6.30. The van der Waals surface area contributed by atoms with Crippen LogP contribution in [-0.2, 0) is 6.54 Å². The predicted molar refractivity (Wildman–Crippen MR) is 107 cm³/mol. The number of carbonyl (C=O) groups is 1. The number of amides is 1. The summed E-state index contributed by atoms with van der Waals surface area (Å²) in [5.41, 5.74) is 4.14. The van der Waals surface area contributed by atoms with Gasteiger partial charge >= 0.3 is 0 Å². The van der Waals surface area contributed by atoms with Crippen LogP contribution in [0.4, 0.5) is 0 Å². The van der Waals surface area contributed by atoms with Gasteiger partial charge in [0, 0.05) is 28.8 Å². The first-order chi connectivity index (χ1) is 12.9. The molecule has 0 unspecified atom stereocenters. The van der Waals surface area contributed by atoms with Gasteiger partial charge in [0.25, 0.3) is 11.5 Å². The van der Waals surface area contributed by atoms with Crippen molar-refractivity contribution in [1.29, 1.82) is 0 Å². The number of aryl methyl sites for hydroxylation is 2. The van der Waals surface area contributed by atoms with E-state index in [-0.39, 0.29) is 18.0 Å². The minimum Gasteiger partial charge on any atom is -0.350 e. The van der Waals surface area contributed by atoms with Crippen molar-refractivity contribution in [2.24, 2.45) is 0 Å². The normalized spacial score (nSPS) is 10.6. The molecule has 6 heteroatoms. The van der Waals surface area contributed by atoms with Crippen LogP contribution >= 0.6 is 11.6 Å². The van der Waals surface area contributed by atoms with E-state index < -0.39 is 0 Å². The largest absolute Gasteiger partial charge is 0.350 e. The Balaban J connectivity index is 1.67. The monoisotopic (exact) mass is 381 g/mol. The molecule has 0 saturated carbocycles. The highest BCUT2D eigenvalue weighted by atomic mass is 35.5. The van der Waals surface area contributed by atoms with Gasteiger partial charge in [-0.2, -0.15) is 5.10 Å². The van der Waals surface area contributed by atoms with Gasteiger partial charge in [-0.15, -0.1) is 0 Å². The van der Waals surface area contributed by atoms with Crippen LogP contribution < -0.4 is 10.9 Å². The van der Waals surface area contributed by atoms with Crippen LogP contribution in [0.25, 0.3) is 11.3 Å². The Morgan fingerprint density at radius 3 is 2.48 bits per heavy atom. The molecule has 0 radical (unpaired) electrons. The van der Waals surface area contributed by atoms with E-state index in [9.17, 15) is 9.59 Å². The van der Waals surface area contributed by atoms with Crippen molar-refractivity contribution in [2.75, 3.05) is 6.54 Å². The molecule has 1 aromatic heterocycles. The molecule has 1 N–H and O–H groups in total. The Labute approximate surface area is 162 Å². The van der Waals surface area contributed by atoms with Crippen LogP contribution in [0, 0.1) is 13.8 Å². The van der Waals surface area contributed by atoms with Crippen LogP contribution in [0.15, 0.2) is 59.4 Å². The Morgan fingerprint density at radius 1 is 1.04 bits per heavy atom. The molecule has 3 rings (SSSR count). The van der Waals surface area contributed by atoms with Gasteiger partial charge < -0.3 is 5.32 Å². The number of benzene rings is 2. The quantitative estimate of drug-likeness (QED) is 0.734. The highest BCUT2D eigenvalue weighted by Crippen LogP contribution is 2.18. The molecule has 0 spiro atoms. The maximum absolute atomic E-state index is 12.3. The van der Waals surface area contributed by atoms with Gasteiger partial charge in [0.15, 0.2) is 0 Å². The Kier molecular flexibility index (Phi) is 5.72. The molecule has 0 aliphatic carbocycles. The van der Waals surface area contributed by atoms with Crippen molar-refractivity contribution in [2.45, 2.75) is 20.4 Å². The molecule has 0 fully saturated rings. The molecule has 1 amide bonds. The Hall–Kier alpha value is -2.92. The lowest BCUT2D eigenvalue weighted by Crippen LogP contribution is -2.32. The van der Waals surface area contributed by atoms with E-state index in [1.807, 2.05) is 38.1 Å². The summed E-state index contributed by atoms with van der Waals surface area (Å²) in [6, 6.07) is 16.0. The zero-order valence-corrected chi connectivity index (χ0v) is 16.0. The van der Waals surface area contributed by atoms with Crippen LogP contribution in [0.3, 0.4) is 0 Å². The molecule has 138 valence electrons. The summed E-state index contributed by atoms with van der Waals surface area (Å²) in [4.78, 5) is 24.3. The first kappa shape index (κ1) is 18.9. The van der Waals surface area contributed by atoms with Crippen molar-refractivity contribution < 1.29 is 4.79 Å². The molecule has 27 heavy (non-hydrogen) atoms. The van der Waals surface area contributed by atoms with Gasteiger partial charge in [-0.3, -0.25) is 9.59 Å². The average molecular weight is 382 g/mol. The summed E-state index contributed by atoms with van der Waals surface area (Å²) in [6.07, 6.45) is 0. The van der Waals surface area contributed by atoms with Crippen molar-refractivity contribution in [1.82, 2.24) is 15.1 Å². The third kappa shape index (κ3) is 4.63. The molecule has 5 nitrogen and oxygen atoms in total. The summed E-state index contributed by atoms with van der Waals surface area (Å²) in [5, 5.41) is 7.85. The number of nitrogens with zero attached hydrogens (tertiary/aromatic N) is 2. The number of aromatic nitrogens is 2. The topological polar surface area (TPSA) is 64.0 Å². The molecular formula is C21H20ClN3O2. The number of hydrogen-bond donors (Lipinski definition) is 1. The standard InChI is InChI=1S/C21H20ClN3O2/c1-14-3-4-17(13-15(14)2)21(27)23-11-12-25-20(26)10-9-19(24-25)16-5-7-18(22)8-6-16/h3-10,13H,11-12H2,1-2H3,(H,23,27). The highest BCUT2D eigenvalue weighted by Gasteiger charge is 2.08.